The van der Waals surface area contributed by atoms with Gasteiger partial charge in [0.05, 0.1) is 0 Å². The zero-order valence-electron chi connectivity index (χ0n) is 10.8. The minimum absolute atomic E-state index is 0.999. The molecule has 0 spiro atoms. The minimum atomic E-state index is 0.999. The van der Waals surface area contributed by atoms with E-state index in [1.54, 1.807) is 0 Å². The predicted octanol–water partition coefficient (Wildman–Crippen LogP) is 2.93. The van der Waals surface area contributed by atoms with Crippen LogP contribution in [0.1, 0.15) is 11.4 Å². The molecule has 3 nitrogen and oxygen atoms in total. The molecule has 18 heavy (non-hydrogen) atoms. The third-order valence-corrected chi connectivity index (χ3v) is 3.53. The van der Waals surface area contributed by atoms with Gasteiger partial charge in [-0.2, -0.15) is 5.10 Å². The SMILES string of the molecule is Cc1cc2ccccc2n1CCc1ccnn1C. The van der Waals surface area contributed by atoms with Crippen LogP contribution in [0.25, 0.3) is 10.9 Å². The van der Waals surface area contributed by atoms with Gasteiger partial charge in [0.15, 0.2) is 0 Å². The zero-order valence-corrected chi connectivity index (χ0v) is 10.8. The third kappa shape index (κ3) is 1.82. The van der Waals surface area contributed by atoms with Gasteiger partial charge >= 0.3 is 0 Å². The number of aromatic nitrogens is 3. The molecule has 0 N–H and O–H groups in total. The summed E-state index contributed by atoms with van der Waals surface area (Å²) in [5.41, 5.74) is 3.91. The Morgan fingerprint density at radius 1 is 1.17 bits per heavy atom. The van der Waals surface area contributed by atoms with Crippen molar-refractivity contribution in [2.45, 2.75) is 19.9 Å². The van der Waals surface area contributed by atoms with Crippen molar-refractivity contribution in [3.05, 3.63) is 54.0 Å². The number of hydrogen-bond donors (Lipinski definition) is 0. The average molecular weight is 239 g/mol. The van der Waals surface area contributed by atoms with Crippen LogP contribution in [0.2, 0.25) is 0 Å². The summed E-state index contributed by atoms with van der Waals surface area (Å²) >= 11 is 0. The summed E-state index contributed by atoms with van der Waals surface area (Å²) in [6, 6.07) is 12.9. The number of fused-ring (bicyclic) bond motifs is 1. The second-order valence-electron chi connectivity index (χ2n) is 4.69. The van der Waals surface area contributed by atoms with E-state index >= 15 is 0 Å². The second-order valence-corrected chi connectivity index (χ2v) is 4.69. The van der Waals surface area contributed by atoms with Crippen LogP contribution in [0.3, 0.4) is 0 Å². The predicted molar refractivity (Wildman–Crippen MR) is 73.6 cm³/mol. The topological polar surface area (TPSA) is 22.8 Å². The molecule has 0 aliphatic heterocycles. The molecule has 3 rings (SSSR count). The number of hydrogen-bond acceptors (Lipinski definition) is 1. The number of rotatable bonds is 3. The molecule has 0 atom stereocenters. The fraction of sp³-hybridized carbons (Fsp3) is 0.267. The van der Waals surface area contributed by atoms with Crippen LogP contribution in [-0.2, 0) is 20.0 Å². The normalized spacial score (nSPS) is 11.2. The maximum Gasteiger partial charge on any atom is 0.0492 e. The van der Waals surface area contributed by atoms with Crippen molar-refractivity contribution in [1.29, 1.82) is 0 Å². The molecule has 2 heterocycles. The molecule has 0 aliphatic rings. The van der Waals surface area contributed by atoms with Crippen molar-refractivity contribution in [3.63, 3.8) is 0 Å². The standard InChI is InChI=1S/C15H17N3/c1-12-11-13-5-3-4-6-15(13)18(12)10-8-14-7-9-16-17(14)2/h3-7,9,11H,8,10H2,1-2H3. The van der Waals surface area contributed by atoms with Gasteiger partial charge in [-0.3, -0.25) is 4.68 Å². The van der Waals surface area contributed by atoms with E-state index in [0.29, 0.717) is 0 Å². The number of nitrogens with zero attached hydrogens (tertiary/aromatic N) is 3. The highest BCUT2D eigenvalue weighted by atomic mass is 15.3. The maximum absolute atomic E-state index is 4.21. The quantitative estimate of drug-likeness (QED) is 0.689. The molecule has 0 saturated carbocycles. The van der Waals surface area contributed by atoms with Crippen LogP contribution in [0.15, 0.2) is 42.6 Å². The van der Waals surface area contributed by atoms with Gasteiger partial charge in [-0.25, -0.2) is 0 Å². The molecule has 0 bridgehead atoms. The lowest BCUT2D eigenvalue weighted by Crippen LogP contribution is -2.06. The molecule has 1 aromatic carbocycles. The van der Waals surface area contributed by atoms with Gasteiger partial charge in [-0.15, -0.1) is 0 Å². The monoisotopic (exact) mass is 239 g/mol. The Bertz CT molecular complexity index is 676. The first-order valence-corrected chi connectivity index (χ1v) is 6.27. The summed E-state index contributed by atoms with van der Waals surface area (Å²) in [6.45, 7) is 3.17. The lowest BCUT2D eigenvalue weighted by molar-refractivity contribution is 0.641. The number of aryl methyl sites for hydroxylation is 4. The highest BCUT2D eigenvalue weighted by molar-refractivity contribution is 5.81. The van der Waals surface area contributed by atoms with E-state index in [2.05, 4.69) is 53.0 Å². The summed E-state index contributed by atoms with van der Waals surface area (Å²) in [6.07, 6.45) is 2.87. The van der Waals surface area contributed by atoms with Crippen LogP contribution < -0.4 is 0 Å². The first-order chi connectivity index (χ1) is 8.75. The van der Waals surface area contributed by atoms with Gasteiger partial charge in [0.2, 0.25) is 0 Å². The Labute approximate surface area is 107 Å². The average Bonchev–Trinajstić information content (AvgIpc) is 2.90. The smallest absolute Gasteiger partial charge is 0.0492 e. The lowest BCUT2D eigenvalue weighted by Gasteiger charge is -2.08. The van der Waals surface area contributed by atoms with Crippen molar-refractivity contribution in [2.24, 2.45) is 7.05 Å². The molecule has 3 aromatic rings. The fourth-order valence-corrected chi connectivity index (χ4v) is 2.52. The van der Waals surface area contributed by atoms with Crippen molar-refractivity contribution >= 4 is 10.9 Å². The highest BCUT2D eigenvalue weighted by Crippen LogP contribution is 2.19. The van der Waals surface area contributed by atoms with Crippen LogP contribution in [0, 0.1) is 6.92 Å². The van der Waals surface area contributed by atoms with E-state index in [1.165, 1.54) is 22.3 Å². The zero-order chi connectivity index (χ0) is 12.5. The van der Waals surface area contributed by atoms with E-state index in [4.69, 9.17) is 0 Å². The molecule has 0 saturated heterocycles. The van der Waals surface area contributed by atoms with Gasteiger partial charge in [0.25, 0.3) is 0 Å². The highest BCUT2D eigenvalue weighted by Gasteiger charge is 2.06. The number of benzene rings is 1. The molecule has 0 unspecified atom stereocenters. The van der Waals surface area contributed by atoms with Gasteiger partial charge in [-0.05, 0) is 30.5 Å². The number of para-hydroxylation sites is 1. The summed E-state index contributed by atoms with van der Waals surface area (Å²) < 4.78 is 4.32. The molecule has 2 aromatic heterocycles. The molecular weight excluding hydrogens is 222 g/mol. The van der Waals surface area contributed by atoms with Crippen molar-refractivity contribution in [1.82, 2.24) is 14.3 Å². The van der Waals surface area contributed by atoms with Gasteiger partial charge < -0.3 is 4.57 Å². The molecule has 92 valence electrons. The maximum atomic E-state index is 4.21. The minimum Gasteiger partial charge on any atom is -0.344 e. The van der Waals surface area contributed by atoms with Crippen LogP contribution in [0.4, 0.5) is 0 Å². The van der Waals surface area contributed by atoms with Crippen LogP contribution >= 0.6 is 0 Å². The Morgan fingerprint density at radius 2 is 2.00 bits per heavy atom. The first-order valence-electron chi connectivity index (χ1n) is 6.27. The van der Waals surface area contributed by atoms with Gasteiger partial charge in [0.1, 0.15) is 0 Å². The Balaban J connectivity index is 1.91. The molecular formula is C15H17N3. The summed E-state index contributed by atoms with van der Waals surface area (Å²) in [4.78, 5) is 0. The summed E-state index contributed by atoms with van der Waals surface area (Å²) in [7, 11) is 2.00. The Hall–Kier alpha value is -2.03. The molecule has 0 fully saturated rings. The van der Waals surface area contributed by atoms with E-state index in [1.807, 2.05) is 17.9 Å². The lowest BCUT2D eigenvalue weighted by atomic mass is 10.2. The van der Waals surface area contributed by atoms with Crippen molar-refractivity contribution in [2.75, 3.05) is 0 Å². The summed E-state index contributed by atoms with van der Waals surface area (Å²) in [5, 5.41) is 5.53. The molecule has 0 radical (unpaired) electrons. The largest absolute Gasteiger partial charge is 0.344 e. The van der Waals surface area contributed by atoms with E-state index in [-0.39, 0.29) is 0 Å². The second kappa shape index (κ2) is 4.33. The Kier molecular flexibility index (Phi) is 2.67. The molecule has 0 amide bonds. The van der Waals surface area contributed by atoms with Gasteiger partial charge in [0, 0.05) is 43.1 Å². The fourth-order valence-electron chi connectivity index (χ4n) is 2.52. The third-order valence-electron chi connectivity index (χ3n) is 3.53. The Morgan fingerprint density at radius 3 is 2.78 bits per heavy atom. The first kappa shape index (κ1) is 11.1. The van der Waals surface area contributed by atoms with Crippen molar-refractivity contribution < 1.29 is 0 Å². The van der Waals surface area contributed by atoms with Crippen molar-refractivity contribution in [3.8, 4) is 0 Å². The van der Waals surface area contributed by atoms with Crippen LogP contribution in [-0.4, -0.2) is 14.3 Å². The molecule has 0 aliphatic carbocycles. The van der Waals surface area contributed by atoms with E-state index < -0.39 is 0 Å². The molecule has 3 heteroatoms. The van der Waals surface area contributed by atoms with E-state index in [9.17, 15) is 0 Å². The summed E-state index contributed by atoms with van der Waals surface area (Å²) in [5.74, 6) is 0. The van der Waals surface area contributed by atoms with Gasteiger partial charge in [-0.1, -0.05) is 18.2 Å². The van der Waals surface area contributed by atoms with Crippen LogP contribution in [0.5, 0.6) is 0 Å². The van der Waals surface area contributed by atoms with E-state index in [0.717, 1.165) is 13.0 Å².